The Hall–Kier alpha value is -1.19. The Morgan fingerprint density at radius 1 is 1.26 bits per heavy atom. The lowest BCUT2D eigenvalue weighted by Gasteiger charge is -2.57. The van der Waals surface area contributed by atoms with Gasteiger partial charge in [0.15, 0.2) is 0 Å². The van der Waals surface area contributed by atoms with Gasteiger partial charge in [-0.2, -0.15) is 5.10 Å². The van der Waals surface area contributed by atoms with Gasteiger partial charge in [-0.05, 0) is 61.7 Å². The van der Waals surface area contributed by atoms with Crippen LogP contribution in [0.5, 0.6) is 0 Å². The largest absolute Gasteiger partial charge is 0.382 e. The number of rotatable bonds is 3. The third-order valence-electron chi connectivity index (χ3n) is 5.80. The summed E-state index contributed by atoms with van der Waals surface area (Å²) in [6.07, 6.45) is 10.7. The van der Waals surface area contributed by atoms with E-state index in [0.717, 1.165) is 30.0 Å². The number of hydrogen-bond donors (Lipinski definition) is 2. The maximum Gasteiger partial charge on any atom is 0.142 e. The van der Waals surface area contributed by atoms with Crippen molar-refractivity contribution in [2.75, 3.05) is 24.2 Å². The highest BCUT2D eigenvalue weighted by molar-refractivity contribution is 5.61. The van der Waals surface area contributed by atoms with Crippen molar-refractivity contribution in [3.05, 3.63) is 6.20 Å². The Balaban J connectivity index is 1.55. The van der Waals surface area contributed by atoms with E-state index in [4.69, 9.17) is 5.73 Å². The molecule has 0 atom stereocenters. The van der Waals surface area contributed by atoms with Gasteiger partial charge in [0.1, 0.15) is 5.82 Å². The van der Waals surface area contributed by atoms with Gasteiger partial charge in [-0.15, -0.1) is 0 Å². The number of nitrogen functional groups attached to an aromatic ring is 1. The molecule has 4 aliphatic rings. The highest BCUT2D eigenvalue weighted by atomic mass is 15.2. The van der Waals surface area contributed by atoms with E-state index in [1.54, 1.807) is 0 Å². The van der Waals surface area contributed by atoms with Crippen molar-refractivity contribution in [1.29, 1.82) is 0 Å². The summed E-state index contributed by atoms with van der Waals surface area (Å²) in [6.45, 7) is 1.15. The van der Waals surface area contributed by atoms with Gasteiger partial charge < -0.3 is 10.6 Å². The summed E-state index contributed by atoms with van der Waals surface area (Å²) in [4.78, 5) is 2.33. The first-order chi connectivity index (χ1) is 9.13. The minimum atomic E-state index is 0.563. The van der Waals surface area contributed by atoms with Crippen molar-refractivity contribution < 1.29 is 0 Å². The third-order valence-corrected chi connectivity index (χ3v) is 5.80. The van der Waals surface area contributed by atoms with Crippen LogP contribution in [-0.4, -0.2) is 23.8 Å². The summed E-state index contributed by atoms with van der Waals surface area (Å²) >= 11 is 0. The molecule has 4 saturated carbocycles. The lowest BCUT2D eigenvalue weighted by Crippen LogP contribution is -2.50. The molecule has 4 nitrogen and oxygen atoms in total. The van der Waals surface area contributed by atoms with Crippen LogP contribution in [0.15, 0.2) is 6.20 Å². The first-order valence-corrected chi connectivity index (χ1v) is 7.63. The standard InChI is InChI=1S/C15H24N4/c1-19(13-8-17-18-14(13)16)9-15-5-10-2-11(6-15)4-12(3-10)7-15/h8,10-12H,2-7,9H2,1H3,(H3,16,17,18). The minimum absolute atomic E-state index is 0.563. The third kappa shape index (κ3) is 1.84. The predicted molar refractivity (Wildman–Crippen MR) is 76.9 cm³/mol. The average Bonchev–Trinajstić information content (AvgIpc) is 2.72. The molecule has 1 aromatic rings. The molecule has 0 amide bonds. The maximum atomic E-state index is 5.95. The van der Waals surface area contributed by atoms with Crippen molar-refractivity contribution in [2.24, 2.45) is 23.2 Å². The second kappa shape index (κ2) is 3.90. The van der Waals surface area contributed by atoms with Gasteiger partial charge >= 0.3 is 0 Å². The maximum absolute atomic E-state index is 5.95. The number of nitrogens with two attached hydrogens (primary N) is 1. The number of nitrogens with zero attached hydrogens (tertiary/aromatic N) is 2. The molecular weight excluding hydrogens is 236 g/mol. The fourth-order valence-corrected chi connectivity index (χ4v) is 5.67. The molecule has 0 aromatic carbocycles. The van der Waals surface area contributed by atoms with E-state index in [1.807, 2.05) is 6.20 Å². The van der Waals surface area contributed by atoms with Crippen LogP contribution in [-0.2, 0) is 0 Å². The molecule has 4 aliphatic carbocycles. The highest BCUT2D eigenvalue weighted by Crippen LogP contribution is 2.60. The smallest absolute Gasteiger partial charge is 0.142 e. The molecular formula is C15H24N4. The Morgan fingerprint density at radius 2 is 1.84 bits per heavy atom. The molecule has 0 unspecified atom stereocenters. The molecule has 19 heavy (non-hydrogen) atoms. The van der Waals surface area contributed by atoms with Crippen molar-refractivity contribution >= 4 is 11.5 Å². The Labute approximate surface area is 114 Å². The van der Waals surface area contributed by atoms with Crippen LogP contribution < -0.4 is 10.6 Å². The van der Waals surface area contributed by atoms with Crippen LogP contribution in [0.1, 0.15) is 38.5 Å². The molecule has 104 valence electrons. The van der Waals surface area contributed by atoms with Crippen molar-refractivity contribution in [1.82, 2.24) is 10.2 Å². The molecule has 5 rings (SSSR count). The van der Waals surface area contributed by atoms with Crippen LogP contribution in [0.2, 0.25) is 0 Å². The molecule has 0 radical (unpaired) electrons. The number of aromatic amines is 1. The number of H-pyrrole nitrogens is 1. The Kier molecular flexibility index (Phi) is 2.39. The Bertz CT molecular complexity index is 443. The van der Waals surface area contributed by atoms with Gasteiger partial charge in [-0.3, -0.25) is 5.10 Å². The monoisotopic (exact) mass is 260 g/mol. The van der Waals surface area contributed by atoms with E-state index in [2.05, 4.69) is 22.1 Å². The van der Waals surface area contributed by atoms with Crippen molar-refractivity contribution in [3.8, 4) is 0 Å². The summed E-state index contributed by atoms with van der Waals surface area (Å²) in [7, 11) is 2.17. The summed E-state index contributed by atoms with van der Waals surface area (Å²) < 4.78 is 0. The average molecular weight is 260 g/mol. The summed E-state index contributed by atoms with van der Waals surface area (Å²) in [5.41, 5.74) is 7.58. The van der Waals surface area contributed by atoms with Gasteiger partial charge in [-0.1, -0.05) is 0 Å². The first kappa shape index (κ1) is 11.6. The lowest BCUT2D eigenvalue weighted by atomic mass is 9.49. The quantitative estimate of drug-likeness (QED) is 0.878. The minimum Gasteiger partial charge on any atom is -0.382 e. The number of hydrogen-bond acceptors (Lipinski definition) is 3. The zero-order chi connectivity index (χ0) is 13.0. The highest BCUT2D eigenvalue weighted by Gasteiger charge is 2.51. The second-order valence-corrected chi connectivity index (χ2v) is 7.44. The van der Waals surface area contributed by atoms with Crippen LogP contribution >= 0.6 is 0 Å². The van der Waals surface area contributed by atoms with Gasteiger partial charge in [0.2, 0.25) is 0 Å². The van der Waals surface area contributed by atoms with E-state index in [9.17, 15) is 0 Å². The first-order valence-electron chi connectivity index (χ1n) is 7.63. The van der Waals surface area contributed by atoms with E-state index < -0.39 is 0 Å². The topological polar surface area (TPSA) is 57.9 Å². The molecule has 0 aliphatic heterocycles. The summed E-state index contributed by atoms with van der Waals surface area (Å²) in [5.74, 6) is 3.75. The van der Waals surface area contributed by atoms with E-state index in [1.165, 1.54) is 38.5 Å². The number of aromatic nitrogens is 2. The van der Waals surface area contributed by atoms with E-state index >= 15 is 0 Å². The lowest BCUT2D eigenvalue weighted by molar-refractivity contribution is -0.0472. The van der Waals surface area contributed by atoms with Crippen LogP contribution in [0.25, 0.3) is 0 Å². The van der Waals surface area contributed by atoms with Gasteiger partial charge in [-0.25, -0.2) is 0 Å². The SMILES string of the molecule is CN(CC12CC3CC(CC(C3)C1)C2)c1cn[nH]c1N. The van der Waals surface area contributed by atoms with Crippen LogP contribution in [0.3, 0.4) is 0 Å². The van der Waals surface area contributed by atoms with Crippen molar-refractivity contribution in [3.63, 3.8) is 0 Å². The predicted octanol–water partition coefficient (Wildman–Crippen LogP) is 2.64. The summed E-state index contributed by atoms with van der Waals surface area (Å²) in [5, 5.41) is 6.89. The zero-order valence-corrected chi connectivity index (χ0v) is 11.7. The van der Waals surface area contributed by atoms with Gasteiger partial charge in [0.25, 0.3) is 0 Å². The molecule has 4 heteroatoms. The summed E-state index contributed by atoms with van der Waals surface area (Å²) in [6, 6.07) is 0. The van der Waals surface area contributed by atoms with E-state index in [-0.39, 0.29) is 0 Å². The molecule has 4 bridgehead atoms. The Morgan fingerprint density at radius 3 is 2.32 bits per heavy atom. The molecule has 3 N–H and O–H groups in total. The molecule has 1 aromatic heterocycles. The number of nitrogens with one attached hydrogen (secondary N) is 1. The normalized spacial score (nSPS) is 39.7. The second-order valence-electron chi connectivity index (χ2n) is 7.44. The number of anilines is 2. The van der Waals surface area contributed by atoms with Crippen LogP contribution in [0, 0.1) is 23.2 Å². The molecule has 0 spiro atoms. The fourth-order valence-electron chi connectivity index (χ4n) is 5.67. The van der Waals surface area contributed by atoms with Crippen molar-refractivity contribution in [2.45, 2.75) is 38.5 Å². The molecule has 4 fully saturated rings. The molecule has 1 heterocycles. The molecule has 0 saturated heterocycles. The fraction of sp³-hybridized carbons (Fsp3) is 0.800. The zero-order valence-electron chi connectivity index (χ0n) is 11.7. The van der Waals surface area contributed by atoms with Gasteiger partial charge in [0.05, 0.1) is 11.9 Å². The van der Waals surface area contributed by atoms with Gasteiger partial charge in [0, 0.05) is 13.6 Å². The van der Waals surface area contributed by atoms with E-state index in [0.29, 0.717) is 11.2 Å². The van der Waals surface area contributed by atoms with Crippen LogP contribution in [0.4, 0.5) is 11.5 Å².